The molecule has 0 aromatic heterocycles. The van der Waals surface area contributed by atoms with Gasteiger partial charge < -0.3 is 5.32 Å². The lowest BCUT2D eigenvalue weighted by Gasteiger charge is -2.21. The highest BCUT2D eigenvalue weighted by atomic mass is 35.5. The number of benzene rings is 1. The monoisotopic (exact) mass is 209 g/mol. The quantitative estimate of drug-likeness (QED) is 0.699. The minimum atomic E-state index is -0.304. The molecule has 1 aliphatic rings. The molecule has 2 rings (SSSR count). The molecule has 0 saturated heterocycles. The summed E-state index contributed by atoms with van der Waals surface area (Å²) in [7, 11) is 0. The fourth-order valence-electron chi connectivity index (χ4n) is 2.09. The first kappa shape index (κ1) is 9.53. The predicted octanol–water partition coefficient (Wildman–Crippen LogP) is 2.63. The van der Waals surface area contributed by atoms with Gasteiger partial charge in [0.25, 0.3) is 5.91 Å². The van der Waals surface area contributed by atoms with Crippen molar-refractivity contribution in [3.63, 3.8) is 0 Å². The second kappa shape index (κ2) is 2.74. The highest BCUT2D eigenvalue weighted by molar-refractivity contribution is 6.31. The van der Waals surface area contributed by atoms with Gasteiger partial charge in [0, 0.05) is 10.6 Å². The SMILES string of the molecule is Cc1c(Cl)ccc2c1C(C)(C)NC2=O. The van der Waals surface area contributed by atoms with Crippen LogP contribution in [0.5, 0.6) is 0 Å². The maximum absolute atomic E-state index is 11.6. The van der Waals surface area contributed by atoms with Crippen molar-refractivity contribution >= 4 is 17.5 Å². The molecule has 1 aliphatic heterocycles. The van der Waals surface area contributed by atoms with Crippen molar-refractivity contribution in [3.05, 3.63) is 33.8 Å². The van der Waals surface area contributed by atoms with E-state index in [1.54, 1.807) is 12.1 Å². The topological polar surface area (TPSA) is 29.1 Å². The Balaban J connectivity index is 2.77. The van der Waals surface area contributed by atoms with Gasteiger partial charge in [0.05, 0.1) is 5.54 Å². The Kier molecular flexibility index (Phi) is 1.86. The molecular weight excluding hydrogens is 198 g/mol. The molecular formula is C11H12ClNO. The Bertz CT molecular complexity index is 424. The van der Waals surface area contributed by atoms with Crippen LogP contribution in [0.4, 0.5) is 0 Å². The van der Waals surface area contributed by atoms with Crippen LogP contribution in [0.2, 0.25) is 5.02 Å². The Labute approximate surface area is 88.3 Å². The lowest BCUT2D eigenvalue weighted by molar-refractivity contribution is 0.0940. The van der Waals surface area contributed by atoms with Crippen molar-refractivity contribution < 1.29 is 4.79 Å². The zero-order valence-electron chi connectivity index (χ0n) is 8.44. The van der Waals surface area contributed by atoms with E-state index in [2.05, 4.69) is 5.32 Å². The van der Waals surface area contributed by atoms with Gasteiger partial charge in [0.1, 0.15) is 0 Å². The molecule has 0 bridgehead atoms. The van der Waals surface area contributed by atoms with Crippen molar-refractivity contribution in [1.29, 1.82) is 0 Å². The second-order valence-corrected chi connectivity index (χ2v) is 4.58. The lowest BCUT2D eigenvalue weighted by Crippen LogP contribution is -2.33. The molecule has 2 nitrogen and oxygen atoms in total. The number of fused-ring (bicyclic) bond motifs is 1. The number of halogens is 1. The highest BCUT2D eigenvalue weighted by Crippen LogP contribution is 2.35. The molecule has 0 saturated carbocycles. The molecule has 0 fully saturated rings. The molecule has 1 aromatic rings. The first-order valence-electron chi connectivity index (χ1n) is 4.55. The van der Waals surface area contributed by atoms with Gasteiger partial charge in [-0.05, 0) is 44.0 Å². The van der Waals surface area contributed by atoms with Gasteiger partial charge >= 0.3 is 0 Å². The first-order chi connectivity index (χ1) is 6.43. The maximum atomic E-state index is 11.6. The fourth-order valence-corrected chi connectivity index (χ4v) is 2.25. The van der Waals surface area contributed by atoms with E-state index in [1.165, 1.54) is 0 Å². The zero-order chi connectivity index (χ0) is 10.5. The Morgan fingerprint density at radius 1 is 1.36 bits per heavy atom. The summed E-state index contributed by atoms with van der Waals surface area (Å²) < 4.78 is 0. The summed E-state index contributed by atoms with van der Waals surface area (Å²) in [6, 6.07) is 3.56. The highest BCUT2D eigenvalue weighted by Gasteiger charge is 2.36. The third-order valence-corrected chi connectivity index (χ3v) is 3.10. The number of hydrogen-bond donors (Lipinski definition) is 1. The summed E-state index contributed by atoms with van der Waals surface area (Å²) in [5.41, 5.74) is 2.46. The third-order valence-electron chi connectivity index (χ3n) is 2.69. The van der Waals surface area contributed by atoms with Crippen molar-refractivity contribution in [2.75, 3.05) is 0 Å². The second-order valence-electron chi connectivity index (χ2n) is 4.17. The van der Waals surface area contributed by atoms with Crippen LogP contribution in [-0.4, -0.2) is 5.91 Å². The van der Waals surface area contributed by atoms with E-state index in [0.717, 1.165) is 16.7 Å². The Hall–Kier alpha value is -1.02. The van der Waals surface area contributed by atoms with E-state index in [0.29, 0.717) is 5.02 Å². The van der Waals surface area contributed by atoms with Gasteiger partial charge in [0.2, 0.25) is 0 Å². The lowest BCUT2D eigenvalue weighted by atomic mass is 9.90. The van der Waals surface area contributed by atoms with Crippen LogP contribution >= 0.6 is 11.6 Å². The summed E-state index contributed by atoms with van der Waals surface area (Å²) in [6.45, 7) is 5.92. The fraction of sp³-hybridized carbons (Fsp3) is 0.364. The minimum absolute atomic E-state index is 0.00948. The van der Waals surface area contributed by atoms with E-state index in [-0.39, 0.29) is 11.4 Å². The summed E-state index contributed by atoms with van der Waals surface area (Å²) in [6.07, 6.45) is 0. The maximum Gasteiger partial charge on any atom is 0.252 e. The van der Waals surface area contributed by atoms with E-state index in [4.69, 9.17) is 11.6 Å². The molecule has 3 heteroatoms. The van der Waals surface area contributed by atoms with Crippen molar-refractivity contribution in [2.24, 2.45) is 0 Å². The first-order valence-corrected chi connectivity index (χ1v) is 4.93. The van der Waals surface area contributed by atoms with Gasteiger partial charge in [-0.25, -0.2) is 0 Å². The van der Waals surface area contributed by atoms with E-state index >= 15 is 0 Å². The number of amides is 1. The normalized spacial score (nSPS) is 17.9. The summed E-state index contributed by atoms with van der Waals surface area (Å²) in [5, 5.41) is 3.65. The number of carbonyl (C=O) groups excluding carboxylic acids is 1. The van der Waals surface area contributed by atoms with Crippen LogP contribution in [-0.2, 0) is 5.54 Å². The standard InChI is InChI=1S/C11H12ClNO/c1-6-8(12)5-4-7-9(6)11(2,3)13-10(7)14/h4-5H,1-3H3,(H,13,14). The van der Waals surface area contributed by atoms with Gasteiger partial charge in [0.15, 0.2) is 0 Å². The Morgan fingerprint density at radius 3 is 2.64 bits per heavy atom. The molecule has 1 amide bonds. The number of rotatable bonds is 0. The van der Waals surface area contributed by atoms with E-state index < -0.39 is 0 Å². The molecule has 0 radical (unpaired) electrons. The van der Waals surface area contributed by atoms with Gasteiger partial charge in [-0.15, -0.1) is 0 Å². The summed E-state index contributed by atoms with van der Waals surface area (Å²) >= 11 is 6.03. The average Bonchev–Trinajstić information content (AvgIpc) is 2.29. The van der Waals surface area contributed by atoms with Crippen LogP contribution in [0.1, 0.15) is 35.3 Å². The molecule has 1 aromatic carbocycles. The summed E-state index contributed by atoms with van der Waals surface area (Å²) in [5.74, 6) is -0.00948. The average molecular weight is 210 g/mol. The van der Waals surface area contributed by atoms with Crippen LogP contribution < -0.4 is 5.32 Å². The molecule has 0 aliphatic carbocycles. The largest absolute Gasteiger partial charge is 0.343 e. The van der Waals surface area contributed by atoms with Crippen LogP contribution in [0, 0.1) is 6.92 Å². The van der Waals surface area contributed by atoms with Crippen molar-refractivity contribution in [3.8, 4) is 0 Å². The van der Waals surface area contributed by atoms with E-state index in [9.17, 15) is 4.79 Å². The van der Waals surface area contributed by atoms with Crippen LogP contribution in [0.25, 0.3) is 0 Å². The predicted molar refractivity (Wildman–Crippen MR) is 56.7 cm³/mol. The molecule has 0 spiro atoms. The molecule has 14 heavy (non-hydrogen) atoms. The van der Waals surface area contributed by atoms with Gasteiger partial charge in [-0.3, -0.25) is 4.79 Å². The summed E-state index contributed by atoms with van der Waals surface area (Å²) in [4.78, 5) is 11.6. The molecule has 0 atom stereocenters. The smallest absolute Gasteiger partial charge is 0.252 e. The minimum Gasteiger partial charge on any atom is -0.343 e. The number of hydrogen-bond acceptors (Lipinski definition) is 1. The molecule has 0 unspecified atom stereocenters. The van der Waals surface area contributed by atoms with Gasteiger partial charge in [-0.2, -0.15) is 0 Å². The van der Waals surface area contributed by atoms with E-state index in [1.807, 2.05) is 20.8 Å². The number of nitrogens with one attached hydrogen (secondary N) is 1. The third kappa shape index (κ3) is 1.14. The zero-order valence-corrected chi connectivity index (χ0v) is 9.20. The molecule has 1 heterocycles. The van der Waals surface area contributed by atoms with Crippen LogP contribution in [0.15, 0.2) is 12.1 Å². The molecule has 74 valence electrons. The van der Waals surface area contributed by atoms with Crippen LogP contribution in [0.3, 0.4) is 0 Å². The molecule has 1 N–H and O–H groups in total. The van der Waals surface area contributed by atoms with Gasteiger partial charge in [-0.1, -0.05) is 11.6 Å². The number of carbonyl (C=O) groups is 1. The van der Waals surface area contributed by atoms with Crippen molar-refractivity contribution in [1.82, 2.24) is 5.32 Å². The Morgan fingerprint density at radius 2 is 2.00 bits per heavy atom. The van der Waals surface area contributed by atoms with Crippen molar-refractivity contribution in [2.45, 2.75) is 26.3 Å².